The van der Waals surface area contributed by atoms with Crippen LogP contribution in [0.15, 0.2) is 24.3 Å². The summed E-state index contributed by atoms with van der Waals surface area (Å²) in [7, 11) is -3.71. The van der Waals surface area contributed by atoms with Gasteiger partial charge in [0.05, 0.1) is 5.69 Å². The zero-order chi connectivity index (χ0) is 13.9. The Kier molecular flexibility index (Phi) is 4.38. The number of benzene rings is 1. The van der Waals surface area contributed by atoms with Gasteiger partial charge in [0.1, 0.15) is 5.82 Å². The lowest BCUT2D eigenvalue weighted by molar-refractivity contribution is 0.273. The summed E-state index contributed by atoms with van der Waals surface area (Å²) >= 11 is 0. The first-order chi connectivity index (χ1) is 9.03. The highest BCUT2D eigenvalue weighted by Gasteiger charge is 2.28. The summed E-state index contributed by atoms with van der Waals surface area (Å²) in [6, 6.07) is 5.71. The molecule has 106 valence electrons. The molecule has 0 bridgehead atoms. The van der Waals surface area contributed by atoms with Crippen LogP contribution in [0.1, 0.15) is 12.8 Å². The maximum Gasteiger partial charge on any atom is 0.301 e. The quantitative estimate of drug-likeness (QED) is 0.872. The van der Waals surface area contributed by atoms with Crippen molar-refractivity contribution in [2.24, 2.45) is 11.7 Å². The number of halogens is 1. The SMILES string of the molecule is NCC1CCCN(S(=O)(=O)Nc2ccccc2F)C1. The monoisotopic (exact) mass is 287 g/mol. The van der Waals surface area contributed by atoms with E-state index in [9.17, 15) is 12.8 Å². The van der Waals surface area contributed by atoms with Gasteiger partial charge in [0, 0.05) is 13.1 Å². The minimum absolute atomic E-state index is 0.0302. The van der Waals surface area contributed by atoms with Crippen molar-refractivity contribution in [3.05, 3.63) is 30.1 Å². The number of anilines is 1. The fourth-order valence-corrected chi connectivity index (χ4v) is 3.53. The Morgan fingerprint density at radius 2 is 2.16 bits per heavy atom. The third-order valence-corrected chi connectivity index (χ3v) is 4.76. The fraction of sp³-hybridized carbons (Fsp3) is 0.500. The number of nitrogens with zero attached hydrogens (tertiary/aromatic N) is 1. The van der Waals surface area contributed by atoms with Crippen LogP contribution in [0.5, 0.6) is 0 Å². The lowest BCUT2D eigenvalue weighted by Gasteiger charge is -2.31. The van der Waals surface area contributed by atoms with Gasteiger partial charge in [-0.1, -0.05) is 12.1 Å². The van der Waals surface area contributed by atoms with Gasteiger partial charge < -0.3 is 5.73 Å². The van der Waals surface area contributed by atoms with Crippen LogP contribution in [0.25, 0.3) is 0 Å². The van der Waals surface area contributed by atoms with Gasteiger partial charge in [0.2, 0.25) is 0 Å². The topological polar surface area (TPSA) is 75.4 Å². The average Bonchev–Trinajstić information content (AvgIpc) is 2.41. The molecule has 0 saturated carbocycles. The Labute approximate surface area is 112 Å². The Balaban J connectivity index is 2.12. The van der Waals surface area contributed by atoms with E-state index in [4.69, 9.17) is 5.73 Å². The molecule has 19 heavy (non-hydrogen) atoms. The molecule has 0 spiro atoms. The number of hydrogen-bond acceptors (Lipinski definition) is 3. The van der Waals surface area contributed by atoms with Crippen LogP contribution in [0.3, 0.4) is 0 Å². The third-order valence-electron chi connectivity index (χ3n) is 3.27. The highest BCUT2D eigenvalue weighted by molar-refractivity contribution is 7.90. The molecule has 3 N–H and O–H groups in total. The zero-order valence-corrected chi connectivity index (χ0v) is 11.4. The standard InChI is InChI=1S/C12H18FN3O2S/c13-11-5-1-2-6-12(11)15-19(17,18)16-7-3-4-10(8-14)9-16/h1-2,5-6,10,15H,3-4,7-9,14H2. The molecule has 1 saturated heterocycles. The molecule has 0 aliphatic carbocycles. The highest BCUT2D eigenvalue weighted by atomic mass is 32.2. The second kappa shape index (κ2) is 5.85. The van der Waals surface area contributed by atoms with E-state index in [0.29, 0.717) is 19.6 Å². The van der Waals surface area contributed by atoms with E-state index in [1.807, 2.05) is 0 Å². The second-order valence-corrected chi connectivity index (χ2v) is 6.36. The predicted octanol–water partition coefficient (Wildman–Crippen LogP) is 1.15. The lowest BCUT2D eigenvalue weighted by Crippen LogP contribution is -2.44. The van der Waals surface area contributed by atoms with Crippen molar-refractivity contribution in [3.63, 3.8) is 0 Å². The van der Waals surface area contributed by atoms with Crippen molar-refractivity contribution < 1.29 is 12.8 Å². The minimum Gasteiger partial charge on any atom is -0.330 e. The van der Waals surface area contributed by atoms with Gasteiger partial charge in [-0.25, -0.2) is 4.39 Å². The molecule has 1 aliphatic rings. The summed E-state index contributed by atoms with van der Waals surface area (Å²) in [6.07, 6.45) is 1.71. The molecule has 0 amide bonds. The van der Waals surface area contributed by atoms with E-state index < -0.39 is 16.0 Å². The molecule has 0 aromatic heterocycles. The summed E-state index contributed by atoms with van der Waals surface area (Å²) in [5.41, 5.74) is 5.55. The summed E-state index contributed by atoms with van der Waals surface area (Å²) in [6.45, 7) is 1.30. The molecule has 1 aromatic rings. The van der Waals surface area contributed by atoms with Crippen molar-refractivity contribution in [2.45, 2.75) is 12.8 Å². The molecule has 1 aromatic carbocycles. The van der Waals surface area contributed by atoms with Gasteiger partial charge in [-0.15, -0.1) is 0 Å². The third kappa shape index (κ3) is 3.43. The van der Waals surface area contributed by atoms with E-state index in [0.717, 1.165) is 12.8 Å². The van der Waals surface area contributed by atoms with E-state index in [-0.39, 0.29) is 11.6 Å². The zero-order valence-electron chi connectivity index (χ0n) is 10.5. The fourth-order valence-electron chi connectivity index (χ4n) is 2.19. The molecule has 2 rings (SSSR count). The first kappa shape index (κ1) is 14.2. The van der Waals surface area contributed by atoms with Crippen LogP contribution in [0.4, 0.5) is 10.1 Å². The molecular formula is C12H18FN3O2S. The van der Waals surface area contributed by atoms with Crippen molar-refractivity contribution in [3.8, 4) is 0 Å². The lowest BCUT2D eigenvalue weighted by atomic mass is 10.0. The number of piperidine rings is 1. The van der Waals surface area contributed by atoms with Gasteiger partial charge in [-0.2, -0.15) is 12.7 Å². The molecule has 5 nitrogen and oxygen atoms in total. The van der Waals surface area contributed by atoms with Crippen LogP contribution < -0.4 is 10.5 Å². The molecule has 1 heterocycles. The molecule has 0 radical (unpaired) electrons. The summed E-state index contributed by atoms with van der Waals surface area (Å²) in [4.78, 5) is 0. The van der Waals surface area contributed by atoms with Crippen LogP contribution in [-0.4, -0.2) is 32.4 Å². The largest absolute Gasteiger partial charge is 0.330 e. The van der Waals surface area contributed by atoms with Crippen molar-refractivity contribution in [1.29, 1.82) is 0 Å². The smallest absolute Gasteiger partial charge is 0.301 e. The van der Waals surface area contributed by atoms with Gasteiger partial charge in [0.25, 0.3) is 0 Å². The number of rotatable bonds is 4. The number of para-hydroxylation sites is 1. The van der Waals surface area contributed by atoms with E-state index in [2.05, 4.69) is 4.72 Å². The first-order valence-electron chi connectivity index (χ1n) is 6.25. The minimum atomic E-state index is -3.71. The molecule has 1 atom stereocenters. The van der Waals surface area contributed by atoms with E-state index in [1.54, 1.807) is 6.07 Å². The summed E-state index contributed by atoms with van der Waals surface area (Å²) in [5.74, 6) is -0.413. The normalized spacial score (nSPS) is 21.3. The predicted molar refractivity (Wildman–Crippen MR) is 72.3 cm³/mol. The highest BCUT2D eigenvalue weighted by Crippen LogP contribution is 2.21. The number of nitrogens with two attached hydrogens (primary N) is 1. The summed E-state index contributed by atoms with van der Waals surface area (Å²) in [5, 5.41) is 0. The van der Waals surface area contributed by atoms with Gasteiger partial charge in [0.15, 0.2) is 0 Å². The molecule has 1 fully saturated rings. The molecule has 1 unspecified atom stereocenters. The maximum absolute atomic E-state index is 13.5. The van der Waals surface area contributed by atoms with Crippen molar-refractivity contribution >= 4 is 15.9 Å². The van der Waals surface area contributed by atoms with Crippen LogP contribution in [0, 0.1) is 11.7 Å². The Hall–Kier alpha value is -1.18. The number of nitrogens with one attached hydrogen (secondary N) is 1. The maximum atomic E-state index is 13.5. The Morgan fingerprint density at radius 1 is 1.42 bits per heavy atom. The molecular weight excluding hydrogens is 269 g/mol. The Morgan fingerprint density at radius 3 is 2.84 bits per heavy atom. The van der Waals surface area contributed by atoms with Gasteiger partial charge >= 0.3 is 10.2 Å². The Bertz CT molecular complexity index is 536. The average molecular weight is 287 g/mol. The number of hydrogen-bond donors (Lipinski definition) is 2. The van der Waals surface area contributed by atoms with E-state index >= 15 is 0 Å². The first-order valence-corrected chi connectivity index (χ1v) is 7.69. The van der Waals surface area contributed by atoms with Gasteiger partial charge in [-0.3, -0.25) is 4.72 Å². The van der Waals surface area contributed by atoms with Gasteiger partial charge in [-0.05, 0) is 37.4 Å². The summed E-state index contributed by atoms with van der Waals surface area (Å²) < 4.78 is 41.4. The molecule has 1 aliphatic heterocycles. The van der Waals surface area contributed by atoms with Crippen molar-refractivity contribution in [1.82, 2.24) is 4.31 Å². The van der Waals surface area contributed by atoms with Crippen LogP contribution >= 0.6 is 0 Å². The van der Waals surface area contributed by atoms with Crippen LogP contribution in [0.2, 0.25) is 0 Å². The van der Waals surface area contributed by atoms with Crippen LogP contribution in [-0.2, 0) is 10.2 Å². The second-order valence-electron chi connectivity index (χ2n) is 4.69. The van der Waals surface area contributed by atoms with E-state index in [1.165, 1.54) is 22.5 Å². The van der Waals surface area contributed by atoms with Crippen molar-refractivity contribution in [2.75, 3.05) is 24.4 Å². The molecule has 7 heteroatoms.